The number of nitrogens with zero attached hydrogens (tertiary/aromatic N) is 1. The zero-order valence-corrected chi connectivity index (χ0v) is 19.2. The normalized spacial score (nSPS) is 21.8. The molecule has 1 aromatic carbocycles. The molecule has 1 unspecified atom stereocenters. The summed E-state index contributed by atoms with van der Waals surface area (Å²) in [6, 6.07) is 12.7. The van der Waals surface area contributed by atoms with E-state index in [0.29, 0.717) is 12.0 Å². The predicted octanol–water partition coefficient (Wildman–Crippen LogP) is 5.73. The third kappa shape index (κ3) is 3.98. The molecule has 0 bridgehead atoms. The van der Waals surface area contributed by atoms with Crippen LogP contribution in [0.15, 0.2) is 42.6 Å². The molecule has 0 radical (unpaired) electrons. The molecule has 3 N–H and O–H groups in total. The number of carbonyl (C=O) groups is 1. The van der Waals surface area contributed by atoms with Crippen molar-refractivity contribution in [2.45, 2.75) is 82.8 Å². The summed E-state index contributed by atoms with van der Waals surface area (Å²) in [4.78, 5) is 19.0. The number of rotatable bonds is 5. The number of nitrogens with one attached hydrogen (secondary N) is 3. The Balaban J connectivity index is 1.58. The third-order valence-electron chi connectivity index (χ3n) is 7.80. The molecule has 3 aliphatic rings. The molecule has 1 amide bonds. The van der Waals surface area contributed by atoms with Crippen molar-refractivity contribution in [1.29, 1.82) is 0 Å². The molecule has 2 heterocycles. The molecule has 0 saturated heterocycles. The van der Waals surface area contributed by atoms with E-state index in [4.69, 9.17) is 4.98 Å². The SMILES string of the molecule is Cc1cccnc1C1(C(C(=O)NC2CCCCC2)C2CCCCC2)Nc2ccccc2N1. The summed E-state index contributed by atoms with van der Waals surface area (Å²) in [5, 5.41) is 11.1. The van der Waals surface area contributed by atoms with Crippen LogP contribution in [0.3, 0.4) is 0 Å². The molecule has 1 aromatic heterocycles. The monoisotopic (exact) mass is 432 g/mol. The van der Waals surface area contributed by atoms with E-state index in [1.807, 2.05) is 24.4 Å². The quantitative estimate of drug-likeness (QED) is 0.565. The van der Waals surface area contributed by atoms with Gasteiger partial charge in [0.15, 0.2) is 5.66 Å². The van der Waals surface area contributed by atoms with E-state index in [-0.39, 0.29) is 11.8 Å². The van der Waals surface area contributed by atoms with Crippen LogP contribution in [-0.4, -0.2) is 16.9 Å². The average molecular weight is 433 g/mol. The Labute approximate surface area is 191 Å². The van der Waals surface area contributed by atoms with Crippen molar-refractivity contribution < 1.29 is 4.79 Å². The number of hydrogen-bond donors (Lipinski definition) is 3. The minimum absolute atomic E-state index is 0.182. The molecule has 2 aliphatic carbocycles. The lowest BCUT2D eigenvalue weighted by Crippen LogP contribution is -2.57. The van der Waals surface area contributed by atoms with Gasteiger partial charge in [0.1, 0.15) is 0 Å². The van der Waals surface area contributed by atoms with Gasteiger partial charge in [0, 0.05) is 12.2 Å². The zero-order valence-electron chi connectivity index (χ0n) is 19.2. The number of amides is 1. The molecular weight excluding hydrogens is 396 g/mol. The van der Waals surface area contributed by atoms with Gasteiger partial charge < -0.3 is 16.0 Å². The maximum Gasteiger partial charge on any atom is 0.228 e. The molecule has 2 saturated carbocycles. The Kier molecular flexibility index (Phi) is 6.07. The highest BCUT2D eigenvalue weighted by Gasteiger charge is 2.53. The average Bonchev–Trinajstić information content (AvgIpc) is 3.20. The first-order chi connectivity index (χ1) is 15.7. The van der Waals surface area contributed by atoms with Gasteiger partial charge in [0.05, 0.1) is 23.0 Å². The molecule has 5 rings (SSSR count). The number of hydrogen-bond acceptors (Lipinski definition) is 4. The number of aromatic nitrogens is 1. The van der Waals surface area contributed by atoms with Crippen molar-refractivity contribution in [2.24, 2.45) is 11.8 Å². The summed E-state index contributed by atoms with van der Waals surface area (Å²) < 4.78 is 0. The molecule has 5 nitrogen and oxygen atoms in total. The fourth-order valence-corrected chi connectivity index (χ4v) is 6.25. The lowest BCUT2D eigenvalue weighted by atomic mass is 9.71. The second-order valence-electron chi connectivity index (χ2n) is 9.99. The molecular formula is C27H36N4O. The maximum atomic E-state index is 14.1. The summed E-state index contributed by atoms with van der Waals surface area (Å²) in [6.45, 7) is 2.10. The van der Waals surface area contributed by atoms with Crippen LogP contribution in [0.1, 0.15) is 75.5 Å². The Morgan fingerprint density at radius 1 is 0.938 bits per heavy atom. The first-order valence-electron chi connectivity index (χ1n) is 12.6. The summed E-state index contributed by atoms with van der Waals surface area (Å²) in [6.07, 6.45) is 13.6. The van der Waals surface area contributed by atoms with Crippen molar-refractivity contribution in [3.63, 3.8) is 0 Å². The van der Waals surface area contributed by atoms with Crippen LogP contribution < -0.4 is 16.0 Å². The van der Waals surface area contributed by atoms with E-state index in [1.54, 1.807) is 0 Å². The second kappa shape index (κ2) is 9.13. The Morgan fingerprint density at radius 2 is 1.56 bits per heavy atom. The number of benzene rings is 1. The van der Waals surface area contributed by atoms with Crippen LogP contribution in [-0.2, 0) is 10.5 Å². The van der Waals surface area contributed by atoms with Gasteiger partial charge in [-0.1, -0.05) is 56.7 Å². The van der Waals surface area contributed by atoms with E-state index in [1.165, 1.54) is 38.5 Å². The third-order valence-corrected chi connectivity index (χ3v) is 7.80. The van der Waals surface area contributed by atoms with Crippen molar-refractivity contribution in [3.8, 4) is 0 Å². The molecule has 32 heavy (non-hydrogen) atoms. The van der Waals surface area contributed by atoms with E-state index >= 15 is 0 Å². The van der Waals surface area contributed by atoms with Gasteiger partial charge >= 0.3 is 0 Å². The van der Waals surface area contributed by atoms with Gasteiger partial charge in [-0.15, -0.1) is 0 Å². The highest BCUT2D eigenvalue weighted by molar-refractivity contribution is 5.86. The molecule has 170 valence electrons. The molecule has 1 atom stereocenters. The van der Waals surface area contributed by atoms with Crippen LogP contribution >= 0.6 is 0 Å². The number of fused-ring (bicyclic) bond motifs is 1. The van der Waals surface area contributed by atoms with Gasteiger partial charge in [-0.3, -0.25) is 9.78 Å². The Morgan fingerprint density at radius 3 is 2.19 bits per heavy atom. The molecule has 2 fully saturated rings. The Bertz CT molecular complexity index is 921. The summed E-state index contributed by atoms with van der Waals surface area (Å²) in [5.41, 5.74) is 3.39. The number of pyridine rings is 1. The minimum Gasteiger partial charge on any atom is -0.355 e. The molecule has 0 spiro atoms. The summed E-state index contributed by atoms with van der Waals surface area (Å²) in [7, 11) is 0. The van der Waals surface area contributed by atoms with E-state index < -0.39 is 5.66 Å². The topological polar surface area (TPSA) is 66.0 Å². The number of para-hydroxylation sites is 2. The lowest BCUT2D eigenvalue weighted by molar-refractivity contribution is -0.130. The van der Waals surface area contributed by atoms with Gasteiger partial charge in [0.2, 0.25) is 5.91 Å². The van der Waals surface area contributed by atoms with Crippen molar-refractivity contribution in [2.75, 3.05) is 10.6 Å². The highest BCUT2D eigenvalue weighted by atomic mass is 16.2. The predicted molar refractivity (Wildman–Crippen MR) is 129 cm³/mol. The highest BCUT2D eigenvalue weighted by Crippen LogP contribution is 2.49. The second-order valence-corrected chi connectivity index (χ2v) is 9.99. The smallest absolute Gasteiger partial charge is 0.228 e. The Hall–Kier alpha value is -2.56. The fraction of sp³-hybridized carbons (Fsp3) is 0.556. The van der Waals surface area contributed by atoms with Crippen molar-refractivity contribution in [1.82, 2.24) is 10.3 Å². The van der Waals surface area contributed by atoms with E-state index in [2.05, 4.69) is 41.1 Å². The lowest BCUT2D eigenvalue weighted by Gasteiger charge is -2.43. The molecule has 5 heteroatoms. The summed E-state index contributed by atoms with van der Waals surface area (Å²) in [5.74, 6) is 0.274. The minimum atomic E-state index is -0.740. The maximum absolute atomic E-state index is 14.1. The van der Waals surface area contributed by atoms with Gasteiger partial charge in [-0.25, -0.2) is 0 Å². The standard InChI is InChI=1S/C27H36N4O/c1-19-11-10-18-28-25(19)27(30-22-16-8-9-17-23(22)31-27)24(20-12-4-2-5-13-20)26(32)29-21-14-6-3-7-15-21/h8-11,16-18,20-21,24,30-31H,2-7,12-15H2,1H3,(H,29,32). The first-order valence-corrected chi connectivity index (χ1v) is 12.6. The number of carbonyl (C=O) groups excluding carboxylic acids is 1. The van der Waals surface area contributed by atoms with Crippen molar-refractivity contribution >= 4 is 17.3 Å². The first kappa shape index (κ1) is 21.3. The largest absolute Gasteiger partial charge is 0.355 e. The van der Waals surface area contributed by atoms with E-state index in [0.717, 1.165) is 48.3 Å². The number of aryl methyl sites for hydroxylation is 1. The van der Waals surface area contributed by atoms with Gasteiger partial charge in [-0.05, 0) is 62.3 Å². The van der Waals surface area contributed by atoms with Crippen LogP contribution in [0, 0.1) is 18.8 Å². The zero-order chi connectivity index (χ0) is 22.0. The fourth-order valence-electron chi connectivity index (χ4n) is 6.25. The van der Waals surface area contributed by atoms with Crippen LogP contribution in [0.5, 0.6) is 0 Å². The van der Waals surface area contributed by atoms with Gasteiger partial charge in [0.25, 0.3) is 0 Å². The van der Waals surface area contributed by atoms with Crippen LogP contribution in [0.25, 0.3) is 0 Å². The van der Waals surface area contributed by atoms with Crippen LogP contribution in [0.2, 0.25) is 0 Å². The number of anilines is 2. The molecule has 1 aliphatic heterocycles. The van der Waals surface area contributed by atoms with Gasteiger partial charge in [-0.2, -0.15) is 0 Å². The van der Waals surface area contributed by atoms with E-state index in [9.17, 15) is 4.79 Å². The molecule has 2 aromatic rings. The van der Waals surface area contributed by atoms with Crippen molar-refractivity contribution in [3.05, 3.63) is 53.9 Å². The van der Waals surface area contributed by atoms with Crippen LogP contribution in [0.4, 0.5) is 11.4 Å². The summed E-state index contributed by atoms with van der Waals surface area (Å²) >= 11 is 0.